The number of pyridine rings is 1. The van der Waals surface area contributed by atoms with Crippen LogP contribution in [0.15, 0.2) is 67.0 Å². The number of nitrogens with zero attached hydrogens (tertiary/aromatic N) is 3. The lowest BCUT2D eigenvalue weighted by molar-refractivity contribution is -0.376. The van der Waals surface area contributed by atoms with Gasteiger partial charge in [0.25, 0.3) is 5.60 Å². The lowest BCUT2D eigenvalue weighted by Crippen LogP contribution is -2.53. The SMILES string of the molecule is OC(c1ccc(-c2ccc(CN3CC4CCC(C3)N4Cc3ccncc3)cc2C(F)(F)F)cc1)(C(F)(F)F)C(F)(F)F. The highest BCUT2D eigenvalue weighted by Gasteiger charge is 2.71. The van der Waals surface area contributed by atoms with Gasteiger partial charge in [0.1, 0.15) is 0 Å². The van der Waals surface area contributed by atoms with Crippen molar-refractivity contribution in [1.82, 2.24) is 14.8 Å². The average Bonchev–Trinajstić information content (AvgIpc) is 3.14. The van der Waals surface area contributed by atoms with Gasteiger partial charge in [-0.3, -0.25) is 14.8 Å². The van der Waals surface area contributed by atoms with Crippen molar-refractivity contribution >= 4 is 0 Å². The van der Waals surface area contributed by atoms with Gasteiger partial charge in [0, 0.05) is 56.2 Å². The van der Waals surface area contributed by atoms with Crippen molar-refractivity contribution in [3.63, 3.8) is 0 Å². The van der Waals surface area contributed by atoms with Gasteiger partial charge in [-0.2, -0.15) is 39.5 Å². The van der Waals surface area contributed by atoms with E-state index in [9.17, 15) is 44.6 Å². The Balaban J connectivity index is 1.36. The first-order valence-corrected chi connectivity index (χ1v) is 13.1. The molecule has 2 aliphatic heterocycles. The van der Waals surface area contributed by atoms with E-state index in [4.69, 9.17) is 0 Å². The molecule has 0 spiro atoms. The number of hydrogen-bond donors (Lipinski definition) is 1. The van der Waals surface area contributed by atoms with Crippen LogP contribution in [0.2, 0.25) is 0 Å². The summed E-state index contributed by atoms with van der Waals surface area (Å²) in [6.07, 6.45) is -11.6. The predicted octanol–water partition coefficient (Wildman–Crippen LogP) is 6.93. The van der Waals surface area contributed by atoms with Crippen LogP contribution in [0.5, 0.6) is 0 Å². The number of hydrogen-bond acceptors (Lipinski definition) is 4. The molecule has 1 aromatic heterocycles. The van der Waals surface area contributed by atoms with Gasteiger partial charge in [-0.25, -0.2) is 0 Å². The van der Waals surface area contributed by atoms with Crippen LogP contribution in [-0.2, 0) is 24.9 Å². The molecule has 0 saturated carbocycles. The summed E-state index contributed by atoms with van der Waals surface area (Å²) in [5.41, 5.74) is -6.90. The van der Waals surface area contributed by atoms with Gasteiger partial charge in [-0.15, -0.1) is 0 Å². The third-order valence-corrected chi connectivity index (χ3v) is 8.05. The Kier molecular flexibility index (Phi) is 7.82. The number of piperazine rings is 1. The van der Waals surface area contributed by atoms with Crippen LogP contribution in [-0.4, -0.2) is 57.4 Å². The van der Waals surface area contributed by atoms with Crippen molar-refractivity contribution in [2.24, 2.45) is 0 Å². The summed E-state index contributed by atoms with van der Waals surface area (Å²) < 4.78 is 122. The van der Waals surface area contributed by atoms with Crippen molar-refractivity contribution in [2.45, 2.75) is 62.1 Å². The molecule has 13 heteroatoms. The Bertz CT molecular complexity index is 1360. The van der Waals surface area contributed by atoms with Crippen LogP contribution in [0.4, 0.5) is 39.5 Å². The summed E-state index contributed by atoms with van der Waals surface area (Å²) in [5, 5.41) is 9.58. The van der Waals surface area contributed by atoms with E-state index in [0.29, 0.717) is 42.9 Å². The molecular weight excluding hydrogens is 577 g/mol. The van der Waals surface area contributed by atoms with Crippen LogP contribution in [0.3, 0.4) is 0 Å². The van der Waals surface area contributed by atoms with Crippen LogP contribution in [0, 0.1) is 0 Å². The first-order chi connectivity index (χ1) is 19.6. The third-order valence-electron chi connectivity index (χ3n) is 8.05. The molecule has 4 nitrogen and oxygen atoms in total. The van der Waals surface area contributed by atoms with Crippen LogP contribution in [0.25, 0.3) is 11.1 Å². The molecule has 2 saturated heterocycles. The quantitative estimate of drug-likeness (QED) is 0.311. The van der Waals surface area contributed by atoms with E-state index in [0.717, 1.165) is 31.0 Å². The van der Waals surface area contributed by atoms with Crippen molar-refractivity contribution in [2.75, 3.05) is 13.1 Å². The van der Waals surface area contributed by atoms with Gasteiger partial charge in [0.15, 0.2) is 0 Å². The van der Waals surface area contributed by atoms with Gasteiger partial charge in [-0.1, -0.05) is 36.4 Å². The Morgan fingerprint density at radius 3 is 1.81 bits per heavy atom. The summed E-state index contributed by atoms with van der Waals surface area (Å²) in [4.78, 5) is 8.55. The molecule has 0 aliphatic carbocycles. The minimum Gasteiger partial charge on any atom is -0.369 e. The summed E-state index contributed by atoms with van der Waals surface area (Å²) in [7, 11) is 0. The van der Waals surface area contributed by atoms with Crippen molar-refractivity contribution in [3.8, 4) is 11.1 Å². The van der Waals surface area contributed by atoms with Crippen LogP contribution >= 0.6 is 0 Å². The first-order valence-electron chi connectivity index (χ1n) is 13.1. The van der Waals surface area contributed by atoms with Gasteiger partial charge in [0.2, 0.25) is 0 Å². The predicted molar refractivity (Wildman–Crippen MR) is 135 cm³/mol. The van der Waals surface area contributed by atoms with Crippen LogP contribution < -0.4 is 0 Å². The highest BCUT2D eigenvalue weighted by molar-refractivity contribution is 5.69. The lowest BCUT2D eigenvalue weighted by atomic mass is 9.89. The lowest BCUT2D eigenvalue weighted by Gasteiger charge is -2.41. The molecule has 226 valence electrons. The topological polar surface area (TPSA) is 39.6 Å². The second kappa shape index (κ2) is 10.8. The Hall–Kier alpha value is -3.16. The minimum absolute atomic E-state index is 0.243. The van der Waals surface area contributed by atoms with Crippen LogP contribution in [0.1, 0.15) is 35.1 Å². The molecule has 5 rings (SSSR count). The van der Waals surface area contributed by atoms with E-state index in [2.05, 4.69) is 14.8 Å². The second-order valence-corrected chi connectivity index (χ2v) is 10.8. The molecule has 2 fully saturated rings. The molecule has 0 amide bonds. The first kappa shape index (κ1) is 30.3. The molecule has 2 bridgehead atoms. The maximum absolute atomic E-state index is 14.1. The highest BCUT2D eigenvalue weighted by atomic mass is 19.4. The fourth-order valence-corrected chi connectivity index (χ4v) is 5.98. The molecule has 2 atom stereocenters. The smallest absolute Gasteiger partial charge is 0.369 e. The summed E-state index contributed by atoms with van der Waals surface area (Å²) in [5.74, 6) is 0. The molecular formula is C29H26F9N3O. The van der Waals surface area contributed by atoms with Crippen molar-refractivity contribution < 1.29 is 44.6 Å². The Labute approximate surface area is 235 Å². The van der Waals surface area contributed by atoms with Gasteiger partial charge < -0.3 is 5.11 Å². The Morgan fingerprint density at radius 1 is 0.714 bits per heavy atom. The molecule has 1 N–H and O–H groups in total. The molecule has 2 unspecified atom stereocenters. The van der Waals surface area contributed by atoms with Gasteiger partial charge in [-0.05, 0) is 53.3 Å². The zero-order chi connectivity index (χ0) is 30.5. The number of alkyl halides is 9. The number of likely N-dealkylation sites (tertiary alicyclic amines) is 1. The monoisotopic (exact) mass is 603 g/mol. The van der Waals surface area contributed by atoms with Crippen molar-refractivity contribution in [1.29, 1.82) is 0 Å². The summed E-state index contributed by atoms with van der Waals surface area (Å²) in [6, 6.07) is 10.1. The van der Waals surface area contributed by atoms with Gasteiger partial charge >= 0.3 is 18.5 Å². The highest BCUT2D eigenvalue weighted by Crippen LogP contribution is 2.50. The molecule has 3 heterocycles. The summed E-state index contributed by atoms with van der Waals surface area (Å²) in [6.45, 7) is 2.37. The van der Waals surface area contributed by atoms with E-state index < -0.39 is 40.8 Å². The fraction of sp³-hybridized carbons (Fsp3) is 0.414. The largest absolute Gasteiger partial charge is 0.430 e. The maximum Gasteiger partial charge on any atom is 0.430 e. The Morgan fingerprint density at radius 2 is 1.29 bits per heavy atom. The molecule has 42 heavy (non-hydrogen) atoms. The number of aromatic nitrogens is 1. The van der Waals surface area contributed by atoms with E-state index in [1.54, 1.807) is 12.4 Å². The number of aliphatic hydroxyl groups is 1. The maximum atomic E-state index is 14.1. The van der Waals surface area contributed by atoms with E-state index in [1.807, 2.05) is 12.1 Å². The minimum atomic E-state index is -6.10. The zero-order valence-electron chi connectivity index (χ0n) is 21.9. The van der Waals surface area contributed by atoms with Crippen molar-refractivity contribution in [3.05, 3.63) is 89.2 Å². The number of rotatable bonds is 6. The van der Waals surface area contributed by atoms with E-state index in [1.165, 1.54) is 12.1 Å². The number of benzene rings is 2. The molecule has 2 aliphatic rings. The number of halogens is 9. The van der Waals surface area contributed by atoms with E-state index in [-0.39, 0.29) is 24.2 Å². The summed E-state index contributed by atoms with van der Waals surface area (Å²) >= 11 is 0. The average molecular weight is 604 g/mol. The molecule has 0 radical (unpaired) electrons. The van der Waals surface area contributed by atoms with E-state index >= 15 is 0 Å². The standard InChI is InChI=1S/C29H26F9N3O/c30-27(31,32)25-13-19(14-40-16-22-6-7-23(17-40)41(22)15-18-9-11-39-12-10-18)1-8-24(25)20-2-4-21(5-3-20)26(42,28(33,34)35)29(36,37)38/h1-5,8-13,22-23,42H,6-7,14-17H2. The molecule has 2 aromatic carbocycles. The normalized spacial score (nSPS) is 20.7. The second-order valence-electron chi connectivity index (χ2n) is 10.8. The zero-order valence-corrected chi connectivity index (χ0v) is 21.9. The van der Waals surface area contributed by atoms with Gasteiger partial charge in [0.05, 0.1) is 5.56 Å². The fourth-order valence-electron chi connectivity index (χ4n) is 5.98. The number of fused-ring (bicyclic) bond motifs is 2. The molecule has 3 aromatic rings. The third kappa shape index (κ3) is 5.73.